The summed E-state index contributed by atoms with van der Waals surface area (Å²) in [4.78, 5) is 9.08. The highest BCUT2D eigenvalue weighted by molar-refractivity contribution is 6.31. The van der Waals surface area contributed by atoms with E-state index in [1.54, 1.807) is 6.20 Å². The molecule has 0 spiro atoms. The highest BCUT2D eigenvalue weighted by Gasteiger charge is 2.20. The van der Waals surface area contributed by atoms with Gasteiger partial charge in [-0.1, -0.05) is 17.7 Å². The van der Waals surface area contributed by atoms with Gasteiger partial charge in [0.25, 0.3) is 0 Å². The van der Waals surface area contributed by atoms with E-state index in [2.05, 4.69) is 21.5 Å². The number of pyridine rings is 1. The van der Waals surface area contributed by atoms with Gasteiger partial charge < -0.3 is 4.57 Å². The Morgan fingerprint density at radius 1 is 1.14 bits per heavy atom. The summed E-state index contributed by atoms with van der Waals surface area (Å²) in [6, 6.07) is 11.6. The van der Waals surface area contributed by atoms with Crippen molar-refractivity contribution in [2.24, 2.45) is 0 Å². The Hall–Kier alpha value is -1.58. The van der Waals surface area contributed by atoms with E-state index >= 15 is 0 Å². The van der Waals surface area contributed by atoms with Gasteiger partial charge in [-0.15, -0.1) is 11.6 Å². The molecule has 0 saturated heterocycles. The van der Waals surface area contributed by atoms with Gasteiger partial charge in [0, 0.05) is 11.2 Å². The van der Waals surface area contributed by atoms with Gasteiger partial charge in [-0.05, 0) is 44.2 Å². The zero-order valence-electron chi connectivity index (χ0n) is 11.8. The molecule has 0 aliphatic carbocycles. The van der Waals surface area contributed by atoms with Crippen LogP contribution in [0.15, 0.2) is 42.6 Å². The molecule has 0 amide bonds. The Morgan fingerprint density at radius 3 is 2.62 bits per heavy atom. The van der Waals surface area contributed by atoms with Crippen LogP contribution >= 0.6 is 23.2 Å². The van der Waals surface area contributed by atoms with Gasteiger partial charge >= 0.3 is 0 Å². The zero-order chi connectivity index (χ0) is 15.0. The lowest BCUT2D eigenvalue weighted by atomic mass is 10.2. The molecule has 0 saturated carbocycles. The van der Waals surface area contributed by atoms with Crippen LogP contribution in [0.2, 0.25) is 5.02 Å². The van der Waals surface area contributed by atoms with Gasteiger partial charge in [0.1, 0.15) is 5.82 Å². The fraction of sp³-hybridized carbons (Fsp3) is 0.250. The maximum absolute atomic E-state index is 6.31. The van der Waals surface area contributed by atoms with Crippen molar-refractivity contribution in [2.45, 2.75) is 25.3 Å². The normalized spacial score (nSPS) is 14.3. The third-order valence-corrected chi connectivity index (χ3v) is 3.97. The quantitative estimate of drug-likeness (QED) is 0.636. The van der Waals surface area contributed by atoms with E-state index in [0.717, 1.165) is 22.6 Å². The predicted octanol–water partition coefficient (Wildman–Crippen LogP) is 4.99. The Labute approximate surface area is 133 Å². The molecule has 1 aromatic carbocycles. The summed E-state index contributed by atoms with van der Waals surface area (Å²) in [7, 11) is 0. The first-order valence-corrected chi connectivity index (χ1v) is 7.61. The summed E-state index contributed by atoms with van der Waals surface area (Å²) in [5.74, 6) is 0.826. The lowest BCUT2D eigenvalue weighted by molar-refractivity contribution is 0.603. The van der Waals surface area contributed by atoms with Crippen LogP contribution in [0.4, 0.5) is 0 Å². The van der Waals surface area contributed by atoms with E-state index in [9.17, 15) is 0 Å². The van der Waals surface area contributed by atoms with Crippen LogP contribution < -0.4 is 0 Å². The van der Waals surface area contributed by atoms with Crippen molar-refractivity contribution in [1.29, 1.82) is 0 Å². The first-order chi connectivity index (χ1) is 10.1. The molecule has 108 valence electrons. The third-order valence-electron chi connectivity index (χ3n) is 3.54. The average Bonchev–Trinajstić information content (AvgIpc) is 2.86. The Kier molecular flexibility index (Phi) is 3.87. The van der Waals surface area contributed by atoms with Crippen LogP contribution in [0.1, 0.15) is 36.8 Å². The van der Waals surface area contributed by atoms with Crippen LogP contribution in [0, 0.1) is 0 Å². The minimum Gasteiger partial charge on any atom is -0.318 e. The Morgan fingerprint density at radius 2 is 1.95 bits per heavy atom. The van der Waals surface area contributed by atoms with Gasteiger partial charge in [-0.25, -0.2) is 4.98 Å². The standard InChI is InChI=1S/C16H15Cl2N3/c1-10(17)16-20-14-7-6-12(18)9-15(14)21(16)11(2)13-5-3-4-8-19-13/h3-11H,1-2H3. The molecule has 0 radical (unpaired) electrons. The van der Waals surface area contributed by atoms with Gasteiger partial charge in [0.15, 0.2) is 0 Å². The SMILES string of the molecule is CC(Cl)c1nc2ccc(Cl)cc2n1C(C)c1ccccn1. The van der Waals surface area contributed by atoms with Crippen LogP contribution in [0.5, 0.6) is 0 Å². The molecule has 3 nitrogen and oxygen atoms in total. The number of halogens is 2. The number of nitrogens with zero attached hydrogens (tertiary/aromatic N) is 3. The minimum absolute atomic E-state index is 0.0332. The monoisotopic (exact) mass is 319 g/mol. The number of imidazole rings is 1. The fourth-order valence-corrected chi connectivity index (χ4v) is 2.85. The van der Waals surface area contributed by atoms with Crippen molar-refractivity contribution in [3.8, 4) is 0 Å². The molecule has 0 aliphatic rings. The van der Waals surface area contributed by atoms with Crippen LogP contribution in [-0.2, 0) is 0 Å². The highest BCUT2D eigenvalue weighted by atomic mass is 35.5. The molecule has 2 unspecified atom stereocenters. The molecule has 0 bridgehead atoms. The number of fused-ring (bicyclic) bond motifs is 1. The first kappa shape index (κ1) is 14.4. The number of aromatic nitrogens is 3. The van der Waals surface area contributed by atoms with Crippen molar-refractivity contribution < 1.29 is 0 Å². The number of alkyl halides is 1. The van der Waals surface area contributed by atoms with Gasteiger partial charge in [-0.2, -0.15) is 0 Å². The largest absolute Gasteiger partial charge is 0.318 e. The molecule has 5 heteroatoms. The Bertz CT molecular complexity index is 766. The van der Waals surface area contributed by atoms with Gasteiger partial charge in [-0.3, -0.25) is 4.98 Å². The number of rotatable bonds is 3. The van der Waals surface area contributed by atoms with Gasteiger partial charge in [0.2, 0.25) is 0 Å². The highest BCUT2D eigenvalue weighted by Crippen LogP contribution is 2.31. The summed E-state index contributed by atoms with van der Waals surface area (Å²) in [6.07, 6.45) is 1.79. The van der Waals surface area contributed by atoms with Crippen molar-refractivity contribution in [3.63, 3.8) is 0 Å². The molecule has 2 heterocycles. The van der Waals surface area contributed by atoms with E-state index < -0.39 is 0 Å². The number of benzene rings is 1. The second kappa shape index (κ2) is 5.66. The molecule has 21 heavy (non-hydrogen) atoms. The van der Waals surface area contributed by atoms with E-state index in [0.29, 0.717) is 5.02 Å². The lowest BCUT2D eigenvalue weighted by Gasteiger charge is -2.18. The predicted molar refractivity (Wildman–Crippen MR) is 87.1 cm³/mol. The molecular formula is C16H15Cl2N3. The minimum atomic E-state index is -0.192. The fourth-order valence-electron chi connectivity index (χ4n) is 2.53. The molecule has 2 atom stereocenters. The molecule has 0 aliphatic heterocycles. The Balaban J connectivity index is 2.24. The maximum atomic E-state index is 6.31. The van der Waals surface area contributed by atoms with Crippen molar-refractivity contribution in [2.75, 3.05) is 0 Å². The molecule has 0 fully saturated rings. The van der Waals surface area contributed by atoms with E-state index in [1.165, 1.54) is 0 Å². The van der Waals surface area contributed by atoms with Gasteiger partial charge in [0.05, 0.1) is 28.1 Å². The third kappa shape index (κ3) is 2.63. The maximum Gasteiger partial charge on any atom is 0.128 e. The number of hydrogen-bond donors (Lipinski definition) is 0. The van der Waals surface area contributed by atoms with E-state index in [1.807, 2.05) is 43.3 Å². The lowest BCUT2D eigenvalue weighted by Crippen LogP contribution is -2.12. The van der Waals surface area contributed by atoms with Crippen molar-refractivity contribution in [3.05, 3.63) is 59.1 Å². The smallest absolute Gasteiger partial charge is 0.128 e. The summed E-state index contributed by atoms with van der Waals surface area (Å²) >= 11 is 12.5. The summed E-state index contributed by atoms with van der Waals surface area (Å²) in [6.45, 7) is 4.01. The molecule has 0 N–H and O–H groups in total. The summed E-state index contributed by atoms with van der Waals surface area (Å²) in [5, 5.41) is 0.494. The molecular weight excluding hydrogens is 305 g/mol. The van der Waals surface area contributed by atoms with Crippen molar-refractivity contribution in [1.82, 2.24) is 14.5 Å². The van der Waals surface area contributed by atoms with E-state index in [-0.39, 0.29) is 11.4 Å². The first-order valence-electron chi connectivity index (χ1n) is 6.80. The second-order valence-electron chi connectivity index (χ2n) is 5.02. The van der Waals surface area contributed by atoms with E-state index in [4.69, 9.17) is 23.2 Å². The second-order valence-corrected chi connectivity index (χ2v) is 6.11. The number of hydrogen-bond acceptors (Lipinski definition) is 2. The van der Waals surface area contributed by atoms with Crippen molar-refractivity contribution >= 4 is 34.2 Å². The molecule has 3 aromatic rings. The molecule has 3 rings (SSSR count). The van der Waals surface area contributed by atoms with Crippen LogP contribution in [0.25, 0.3) is 11.0 Å². The summed E-state index contributed by atoms with van der Waals surface area (Å²) < 4.78 is 2.11. The van der Waals surface area contributed by atoms with Crippen LogP contribution in [0.3, 0.4) is 0 Å². The zero-order valence-corrected chi connectivity index (χ0v) is 13.3. The topological polar surface area (TPSA) is 30.7 Å². The molecule has 2 aromatic heterocycles. The summed E-state index contributed by atoms with van der Waals surface area (Å²) in [5.41, 5.74) is 2.84. The van der Waals surface area contributed by atoms with Crippen LogP contribution in [-0.4, -0.2) is 14.5 Å². The average molecular weight is 320 g/mol.